The zero-order valence-electron chi connectivity index (χ0n) is 10.7. The lowest BCUT2D eigenvalue weighted by Crippen LogP contribution is -2.08. The molecule has 0 atom stereocenters. The van der Waals surface area contributed by atoms with Gasteiger partial charge >= 0.3 is 0 Å². The zero-order valence-corrected chi connectivity index (χ0v) is 12.3. The Morgan fingerprint density at radius 3 is 2.60 bits per heavy atom. The highest BCUT2D eigenvalue weighted by atomic mass is 35.5. The highest BCUT2D eigenvalue weighted by Gasteiger charge is 2.20. The van der Waals surface area contributed by atoms with E-state index in [4.69, 9.17) is 17.3 Å². The number of anilines is 1. The lowest BCUT2D eigenvalue weighted by atomic mass is 10.2. The van der Waals surface area contributed by atoms with E-state index in [9.17, 15) is 12.8 Å². The van der Waals surface area contributed by atoms with Gasteiger partial charge in [0.15, 0.2) is 9.84 Å². The molecule has 0 saturated carbocycles. The van der Waals surface area contributed by atoms with Crippen molar-refractivity contribution in [1.29, 1.82) is 0 Å². The normalized spacial score (nSPS) is 11.6. The summed E-state index contributed by atoms with van der Waals surface area (Å²) in [5.41, 5.74) is 6.80. The average molecular weight is 314 g/mol. The number of aryl methyl sites for hydroxylation is 1. The maximum Gasteiger partial charge on any atom is 0.182 e. The largest absolute Gasteiger partial charge is 0.399 e. The minimum Gasteiger partial charge on any atom is -0.399 e. The van der Waals surface area contributed by atoms with E-state index in [0.29, 0.717) is 11.3 Å². The third-order valence-electron chi connectivity index (χ3n) is 2.90. The smallest absolute Gasteiger partial charge is 0.182 e. The molecule has 0 aliphatic rings. The van der Waals surface area contributed by atoms with Crippen molar-refractivity contribution in [3.05, 3.63) is 58.4 Å². The van der Waals surface area contributed by atoms with Crippen molar-refractivity contribution < 1.29 is 12.8 Å². The van der Waals surface area contributed by atoms with Crippen molar-refractivity contribution >= 4 is 27.1 Å². The SMILES string of the molecule is Cc1ccc(N)cc1S(=O)(=O)Cc1cc(F)ccc1Cl. The van der Waals surface area contributed by atoms with Crippen LogP contribution in [0.25, 0.3) is 0 Å². The van der Waals surface area contributed by atoms with E-state index in [1.165, 1.54) is 18.2 Å². The summed E-state index contributed by atoms with van der Waals surface area (Å²) >= 11 is 5.90. The Hall–Kier alpha value is -1.59. The van der Waals surface area contributed by atoms with Crippen LogP contribution in [0, 0.1) is 12.7 Å². The fourth-order valence-electron chi connectivity index (χ4n) is 1.89. The summed E-state index contributed by atoms with van der Waals surface area (Å²) < 4.78 is 38.0. The van der Waals surface area contributed by atoms with Crippen molar-refractivity contribution in [2.24, 2.45) is 0 Å². The molecule has 3 nitrogen and oxygen atoms in total. The van der Waals surface area contributed by atoms with E-state index < -0.39 is 15.7 Å². The Labute approximate surface area is 122 Å². The zero-order chi connectivity index (χ0) is 14.9. The molecule has 0 aliphatic heterocycles. The molecule has 0 heterocycles. The number of hydrogen-bond donors (Lipinski definition) is 1. The van der Waals surface area contributed by atoms with Crippen molar-refractivity contribution in [2.45, 2.75) is 17.6 Å². The second kappa shape index (κ2) is 5.42. The van der Waals surface area contributed by atoms with Gasteiger partial charge in [-0.15, -0.1) is 0 Å². The van der Waals surface area contributed by atoms with Crippen LogP contribution >= 0.6 is 11.6 Å². The van der Waals surface area contributed by atoms with E-state index in [-0.39, 0.29) is 21.2 Å². The number of nitrogens with two attached hydrogens (primary N) is 1. The van der Waals surface area contributed by atoms with Gasteiger partial charge in [0.05, 0.1) is 10.6 Å². The van der Waals surface area contributed by atoms with Gasteiger partial charge in [-0.25, -0.2) is 12.8 Å². The van der Waals surface area contributed by atoms with Crippen LogP contribution < -0.4 is 5.73 Å². The predicted octanol–water partition coefficient (Wildman–Crippen LogP) is 3.34. The Morgan fingerprint density at radius 1 is 1.20 bits per heavy atom. The van der Waals surface area contributed by atoms with Crippen LogP contribution in [0.2, 0.25) is 5.02 Å². The summed E-state index contributed by atoms with van der Waals surface area (Å²) in [6.45, 7) is 1.68. The summed E-state index contributed by atoms with van der Waals surface area (Å²) in [5, 5.41) is 0.219. The number of benzene rings is 2. The molecule has 20 heavy (non-hydrogen) atoms. The van der Waals surface area contributed by atoms with E-state index in [1.54, 1.807) is 19.1 Å². The number of hydrogen-bond acceptors (Lipinski definition) is 3. The topological polar surface area (TPSA) is 60.2 Å². The van der Waals surface area contributed by atoms with Crippen molar-refractivity contribution in [1.82, 2.24) is 0 Å². The number of nitrogen functional groups attached to an aromatic ring is 1. The van der Waals surface area contributed by atoms with Crippen molar-refractivity contribution in [2.75, 3.05) is 5.73 Å². The molecule has 0 fully saturated rings. The fraction of sp³-hybridized carbons (Fsp3) is 0.143. The molecule has 0 bridgehead atoms. The maximum absolute atomic E-state index is 13.2. The van der Waals surface area contributed by atoms with Gasteiger partial charge in [-0.05, 0) is 48.4 Å². The second-order valence-corrected chi connectivity index (χ2v) is 6.88. The third-order valence-corrected chi connectivity index (χ3v) is 5.07. The molecule has 0 aromatic heterocycles. The second-order valence-electron chi connectivity index (χ2n) is 4.52. The third kappa shape index (κ3) is 3.11. The summed E-state index contributed by atoms with van der Waals surface area (Å²) in [6, 6.07) is 8.32. The first kappa shape index (κ1) is 14.8. The Bertz CT molecular complexity index is 760. The number of halogens is 2. The quantitative estimate of drug-likeness (QED) is 0.884. The molecule has 6 heteroatoms. The lowest BCUT2D eigenvalue weighted by Gasteiger charge is -2.10. The van der Waals surface area contributed by atoms with Gasteiger partial charge in [0, 0.05) is 10.7 Å². The molecule has 2 rings (SSSR count). The summed E-state index contributed by atoms with van der Waals surface area (Å²) in [7, 11) is -3.64. The van der Waals surface area contributed by atoms with E-state index >= 15 is 0 Å². The molecular formula is C14H13ClFNO2S. The molecular weight excluding hydrogens is 301 g/mol. The molecule has 0 aliphatic carbocycles. The van der Waals surface area contributed by atoms with E-state index in [2.05, 4.69) is 0 Å². The average Bonchev–Trinajstić information content (AvgIpc) is 2.36. The molecule has 0 amide bonds. The summed E-state index contributed by atoms with van der Waals surface area (Å²) in [4.78, 5) is 0.137. The van der Waals surface area contributed by atoms with Crippen LogP contribution in [0.5, 0.6) is 0 Å². The van der Waals surface area contributed by atoms with Crippen LogP contribution in [0.1, 0.15) is 11.1 Å². The molecule has 0 radical (unpaired) electrons. The monoisotopic (exact) mass is 313 g/mol. The van der Waals surface area contributed by atoms with Crippen LogP contribution in [-0.2, 0) is 15.6 Å². The van der Waals surface area contributed by atoms with Gasteiger partial charge in [0.2, 0.25) is 0 Å². The van der Waals surface area contributed by atoms with Gasteiger partial charge in [0.1, 0.15) is 5.82 Å². The number of sulfone groups is 1. The first-order chi connectivity index (χ1) is 9.29. The Morgan fingerprint density at radius 2 is 1.90 bits per heavy atom. The van der Waals surface area contributed by atoms with Crippen molar-refractivity contribution in [3.63, 3.8) is 0 Å². The fourth-order valence-corrected chi connectivity index (χ4v) is 3.83. The molecule has 2 aromatic carbocycles. The minimum atomic E-state index is -3.64. The number of rotatable bonds is 3. The molecule has 0 saturated heterocycles. The molecule has 0 spiro atoms. The Balaban J connectivity index is 2.46. The minimum absolute atomic E-state index is 0.137. The summed E-state index contributed by atoms with van der Waals surface area (Å²) in [6.07, 6.45) is 0. The molecule has 0 unspecified atom stereocenters. The highest BCUT2D eigenvalue weighted by molar-refractivity contribution is 7.90. The van der Waals surface area contributed by atoms with Crippen molar-refractivity contribution in [3.8, 4) is 0 Å². The van der Waals surface area contributed by atoms with Gasteiger partial charge in [-0.2, -0.15) is 0 Å². The molecule has 2 aromatic rings. The van der Waals surface area contributed by atoms with Crippen LogP contribution in [-0.4, -0.2) is 8.42 Å². The predicted molar refractivity (Wildman–Crippen MR) is 77.9 cm³/mol. The molecule has 2 N–H and O–H groups in total. The van der Waals surface area contributed by atoms with Gasteiger partial charge < -0.3 is 5.73 Å². The highest BCUT2D eigenvalue weighted by Crippen LogP contribution is 2.26. The molecule has 106 valence electrons. The van der Waals surface area contributed by atoms with Gasteiger partial charge in [-0.1, -0.05) is 17.7 Å². The van der Waals surface area contributed by atoms with Crippen LogP contribution in [0.15, 0.2) is 41.3 Å². The van der Waals surface area contributed by atoms with Crippen LogP contribution in [0.4, 0.5) is 10.1 Å². The first-order valence-electron chi connectivity index (χ1n) is 5.82. The first-order valence-corrected chi connectivity index (χ1v) is 7.85. The lowest BCUT2D eigenvalue weighted by molar-refractivity contribution is 0.594. The standard InChI is InChI=1S/C14H13ClFNO2S/c1-9-2-4-12(17)7-14(9)20(18,19)8-10-6-11(16)3-5-13(10)15/h2-7H,8,17H2,1H3. The van der Waals surface area contributed by atoms with Gasteiger partial charge in [0.25, 0.3) is 0 Å². The van der Waals surface area contributed by atoms with Crippen LogP contribution in [0.3, 0.4) is 0 Å². The van der Waals surface area contributed by atoms with E-state index in [1.807, 2.05) is 0 Å². The van der Waals surface area contributed by atoms with Gasteiger partial charge in [-0.3, -0.25) is 0 Å². The van der Waals surface area contributed by atoms with E-state index in [0.717, 1.165) is 6.07 Å². The Kier molecular flexibility index (Phi) is 4.01. The maximum atomic E-state index is 13.2. The summed E-state index contributed by atoms with van der Waals surface area (Å²) in [5.74, 6) is -0.891.